The number of hydrogen-bond acceptors (Lipinski definition) is 5. The minimum atomic E-state index is 0.512. The average molecular weight is 311 g/mol. The summed E-state index contributed by atoms with van der Waals surface area (Å²) in [5, 5.41) is 4.67. The van der Waals surface area contributed by atoms with E-state index in [-0.39, 0.29) is 0 Å². The number of thiazole rings is 1. The second kappa shape index (κ2) is 8.11. The summed E-state index contributed by atoms with van der Waals surface area (Å²) in [6, 6.07) is 0.512. The number of methoxy groups -OCH3 is 1. The predicted octanol–water partition coefficient (Wildman–Crippen LogP) is 3.38. The molecule has 1 saturated carbocycles. The molecular formula is C16H29N3OS. The molecule has 0 aromatic carbocycles. The van der Waals surface area contributed by atoms with Gasteiger partial charge in [-0.3, -0.25) is 0 Å². The number of aromatic nitrogens is 1. The van der Waals surface area contributed by atoms with Crippen molar-refractivity contribution < 1.29 is 4.74 Å². The molecule has 0 unspecified atom stereocenters. The first-order chi connectivity index (χ1) is 10.2. The van der Waals surface area contributed by atoms with Gasteiger partial charge in [0, 0.05) is 43.6 Å². The fourth-order valence-electron chi connectivity index (χ4n) is 2.47. The zero-order chi connectivity index (χ0) is 15.2. The van der Waals surface area contributed by atoms with E-state index >= 15 is 0 Å². The van der Waals surface area contributed by atoms with Crippen molar-refractivity contribution >= 4 is 16.5 Å². The van der Waals surface area contributed by atoms with Gasteiger partial charge < -0.3 is 15.0 Å². The third-order valence-electron chi connectivity index (χ3n) is 3.78. The van der Waals surface area contributed by atoms with E-state index in [1.807, 2.05) is 11.3 Å². The number of rotatable bonds is 10. The predicted molar refractivity (Wildman–Crippen MR) is 90.4 cm³/mol. The Morgan fingerprint density at radius 3 is 2.76 bits per heavy atom. The van der Waals surface area contributed by atoms with Crippen LogP contribution in [0.25, 0.3) is 0 Å². The third kappa shape index (κ3) is 4.66. The highest BCUT2D eigenvalue weighted by molar-refractivity contribution is 7.15. The van der Waals surface area contributed by atoms with Crippen molar-refractivity contribution in [3.05, 3.63) is 10.6 Å². The van der Waals surface area contributed by atoms with Crippen LogP contribution in [0.5, 0.6) is 0 Å². The summed E-state index contributed by atoms with van der Waals surface area (Å²) in [5.74, 6) is 0.713. The van der Waals surface area contributed by atoms with Crippen LogP contribution in [0.4, 0.5) is 5.13 Å². The van der Waals surface area contributed by atoms with Gasteiger partial charge in [0.15, 0.2) is 5.13 Å². The van der Waals surface area contributed by atoms with Gasteiger partial charge in [0.1, 0.15) is 0 Å². The van der Waals surface area contributed by atoms with Crippen molar-refractivity contribution in [2.75, 3.05) is 31.7 Å². The maximum absolute atomic E-state index is 5.09. The molecule has 0 amide bonds. The second-order valence-electron chi connectivity index (χ2n) is 6.04. The number of anilines is 1. The minimum Gasteiger partial charge on any atom is -0.383 e. The van der Waals surface area contributed by atoms with Crippen molar-refractivity contribution in [1.29, 1.82) is 0 Å². The number of hydrogen-bond donors (Lipinski definition) is 1. The maximum Gasteiger partial charge on any atom is 0.186 e. The van der Waals surface area contributed by atoms with Gasteiger partial charge in [0.05, 0.1) is 12.3 Å². The van der Waals surface area contributed by atoms with Gasteiger partial charge in [-0.15, -0.1) is 11.3 Å². The minimum absolute atomic E-state index is 0.512. The average Bonchev–Trinajstić information content (AvgIpc) is 3.22. The van der Waals surface area contributed by atoms with Crippen LogP contribution in [0.15, 0.2) is 0 Å². The van der Waals surface area contributed by atoms with Crippen molar-refractivity contribution in [3.63, 3.8) is 0 Å². The molecule has 1 N–H and O–H groups in total. The molecule has 0 atom stereocenters. The van der Waals surface area contributed by atoms with Crippen LogP contribution < -0.4 is 10.2 Å². The summed E-state index contributed by atoms with van der Waals surface area (Å²) in [4.78, 5) is 8.85. The summed E-state index contributed by atoms with van der Waals surface area (Å²) in [6.45, 7) is 10.4. The lowest BCUT2D eigenvalue weighted by molar-refractivity contribution is 0.199. The molecule has 2 rings (SSSR count). The van der Waals surface area contributed by atoms with E-state index in [0.29, 0.717) is 12.0 Å². The van der Waals surface area contributed by atoms with E-state index < -0.39 is 0 Å². The lowest BCUT2D eigenvalue weighted by atomic mass is 10.2. The molecule has 1 heterocycles. The van der Waals surface area contributed by atoms with Crippen molar-refractivity contribution in [2.45, 2.75) is 58.5 Å². The summed E-state index contributed by atoms with van der Waals surface area (Å²) in [5.41, 5.74) is 1.35. The van der Waals surface area contributed by atoms with E-state index in [1.165, 1.54) is 28.5 Å². The molecule has 21 heavy (non-hydrogen) atoms. The second-order valence-corrected chi connectivity index (χ2v) is 7.10. The summed E-state index contributed by atoms with van der Waals surface area (Å²) in [6.07, 6.45) is 3.78. The number of nitrogens with zero attached hydrogens (tertiary/aromatic N) is 2. The standard InChI is InChI=1S/C16H29N3OS/c1-5-9-19(12(2)3)16-18-15(13-6-7-13)14(21-16)11-17-8-10-20-4/h12-13,17H,5-11H2,1-4H3. The van der Waals surface area contributed by atoms with Gasteiger partial charge in [-0.1, -0.05) is 6.92 Å². The number of nitrogens with one attached hydrogen (secondary N) is 1. The zero-order valence-electron chi connectivity index (χ0n) is 13.8. The van der Waals surface area contributed by atoms with E-state index in [2.05, 4.69) is 31.0 Å². The molecule has 1 aliphatic rings. The van der Waals surface area contributed by atoms with Gasteiger partial charge in [-0.05, 0) is 33.1 Å². The lowest BCUT2D eigenvalue weighted by Gasteiger charge is -2.25. The topological polar surface area (TPSA) is 37.4 Å². The molecule has 5 heteroatoms. The molecule has 0 spiro atoms. The van der Waals surface area contributed by atoms with E-state index in [0.717, 1.165) is 32.7 Å². The fourth-order valence-corrected chi connectivity index (χ4v) is 3.74. The molecule has 0 radical (unpaired) electrons. The molecule has 4 nitrogen and oxygen atoms in total. The van der Waals surface area contributed by atoms with Gasteiger partial charge >= 0.3 is 0 Å². The van der Waals surface area contributed by atoms with Crippen molar-refractivity contribution in [2.24, 2.45) is 0 Å². The molecular weight excluding hydrogens is 282 g/mol. The highest BCUT2D eigenvalue weighted by Crippen LogP contribution is 2.44. The first kappa shape index (κ1) is 16.7. The Bertz CT molecular complexity index is 429. The first-order valence-electron chi connectivity index (χ1n) is 8.13. The SMILES string of the molecule is CCCN(c1nc(C2CC2)c(CNCCOC)s1)C(C)C. The zero-order valence-corrected chi connectivity index (χ0v) is 14.6. The Hall–Kier alpha value is -0.650. The molecule has 1 aromatic rings. The fraction of sp³-hybridized carbons (Fsp3) is 0.812. The van der Waals surface area contributed by atoms with Crippen LogP contribution in [0, 0.1) is 0 Å². The molecule has 1 aromatic heterocycles. The first-order valence-corrected chi connectivity index (χ1v) is 8.94. The van der Waals surface area contributed by atoms with Crippen LogP contribution in [0.3, 0.4) is 0 Å². The molecule has 1 aliphatic carbocycles. The summed E-state index contributed by atoms with van der Waals surface area (Å²) in [7, 11) is 1.74. The molecule has 0 bridgehead atoms. The van der Waals surface area contributed by atoms with Crippen LogP contribution in [-0.4, -0.2) is 37.8 Å². The van der Waals surface area contributed by atoms with E-state index in [4.69, 9.17) is 9.72 Å². The normalized spacial score (nSPS) is 14.9. The summed E-state index contributed by atoms with van der Waals surface area (Å²) < 4.78 is 5.09. The van der Waals surface area contributed by atoms with Crippen molar-refractivity contribution in [1.82, 2.24) is 10.3 Å². The highest BCUT2D eigenvalue weighted by atomic mass is 32.1. The van der Waals surface area contributed by atoms with E-state index in [9.17, 15) is 0 Å². The van der Waals surface area contributed by atoms with Gasteiger partial charge in [-0.25, -0.2) is 4.98 Å². The van der Waals surface area contributed by atoms with Gasteiger partial charge in [0.25, 0.3) is 0 Å². The van der Waals surface area contributed by atoms with Gasteiger partial charge in [0.2, 0.25) is 0 Å². The monoisotopic (exact) mass is 311 g/mol. The Labute approximate surface area is 132 Å². The summed E-state index contributed by atoms with van der Waals surface area (Å²) >= 11 is 1.87. The Kier molecular flexibility index (Phi) is 6.45. The maximum atomic E-state index is 5.09. The molecule has 120 valence electrons. The largest absolute Gasteiger partial charge is 0.383 e. The highest BCUT2D eigenvalue weighted by Gasteiger charge is 2.30. The van der Waals surface area contributed by atoms with Crippen LogP contribution in [-0.2, 0) is 11.3 Å². The Morgan fingerprint density at radius 2 is 2.19 bits per heavy atom. The lowest BCUT2D eigenvalue weighted by Crippen LogP contribution is -2.31. The Balaban J connectivity index is 2.08. The molecule has 1 fully saturated rings. The molecule has 0 saturated heterocycles. The number of ether oxygens (including phenoxy) is 1. The quantitative estimate of drug-likeness (QED) is 0.672. The van der Waals surface area contributed by atoms with Crippen LogP contribution in [0.2, 0.25) is 0 Å². The van der Waals surface area contributed by atoms with Gasteiger partial charge in [-0.2, -0.15) is 0 Å². The van der Waals surface area contributed by atoms with Crippen LogP contribution >= 0.6 is 11.3 Å². The Morgan fingerprint density at radius 1 is 1.43 bits per heavy atom. The van der Waals surface area contributed by atoms with E-state index in [1.54, 1.807) is 7.11 Å². The third-order valence-corrected chi connectivity index (χ3v) is 4.89. The van der Waals surface area contributed by atoms with Crippen LogP contribution in [0.1, 0.15) is 56.5 Å². The smallest absolute Gasteiger partial charge is 0.186 e. The van der Waals surface area contributed by atoms with Crippen molar-refractivity contribution in [3.8, 4) is 0 Å². The molecule has 0 aliphatic heterocycles.